The minimum atomic E-state index is -4.28. The minimum Gasteiger partial charge on any atom is -0.390 e. The van der Waals surface area contributed by atoms with Crippen LogP contribution in [0.4, 0.5) is 22.0 Å². The second-order valence-corrected chi connectivity index (χ2v) is 13.6. The molecule has 1 atom stereocenters. The zero-order valence-corrected chi connectivity index (χ0v) is 32.7. The molecule has 3 aromatic rings. The van der Waals surface area contributed by atoms with E-state index in [1.165, 1.54) is 24.1 Å². The number of nitrogens with one attached hydrogen (secondary N) is 1. The average Bonchev–Trinajstić information content (AvgIpc) is 4.05. The Morgan fingerprint density at radius 1 is 1.12 bits per heavy atom. The first kappa shape index (κ1) is 45.5. The summed E-state index contributed by atoms with van der Waals surface area (Å²) in [5.41, 5.74) is 13.0. The average molecular weight is 810 g/mol. The molecule has 56 heavy (non-hydrogen) atoms. The first-order valence-electron chi connectivity index (χ1n) is 18.1. The van der Waals surface area contributed by atoms with E-state index in [9.17, 15) is 31.5 Å². The lowest BCUT2D eigenvalue weighted by Crippen LogP contribution is -2.47. The van der Waals surface area contributed by atoms with Crippen molar-refractivity contribution in [2.75, 3.05) is 13.7 Å². The number of ether oxygens (including phenoxy) is 1. The van der Waals surface area contributed by atoms with Crippen molar-refractivity contribution < 1.29 is 36.3 Å². The van der Waals surface area contributed by atoms with E-state index in [0.717, 1.165) is 48.8 Å². The van der Waals surface area contributed by atoms with Gasteiger partial charge in [0, 0.05) is 31.0 Å². The fourth-order valence-corrected chi connectivity index (χ4v) is 5.71. The smallest absolute Gasteiger partial charge is 0.390 e. The molecule has 2 aliphatic carbocycles. The molecule has 1 aromatic heterocycles. The molecule has 306 valence electrons. The van der Waals surface area contributed by atoms with E-state index in [1.54, 1.807) is 11.4 Å². The number of amidine groups is 1. The van der Waals surface area contributed by atoms with Crippen LogP contribution in [0.25, 0.3) is 11.1 Å². The van der Waals surface area contributed by atoms with Crippen LogP contribution >= 0.6 is 11.6 Å². The van der Waals surface area contributed by atoms with Crippen LogP contribution in [0.3, 0.4) is 0 Å². The summed E-state index contributed by atoms with van der Waals surface area (Å²) < 4.78 is 69.4. The number of hydrogen-bond donors (Lipinski definition) is 3. The van der Waals surface area contributed by atoms with Crippen molar-refractivity contribution in [1.29, 1.82) is 0 Å². The van der Waals surface area contributed by atoms with Crippen LogP contribution in [0.1, 0.15) is 82.5 Å². The highest BCUT2D eigenvalue weighted by molar-refractivity contribution is 6.34. The van der Waals surface area contributed by atoms with Crippen molar-refractivity contribution in [3.05, 3.63) is 76.6 Å². The molecule has 18 heteroatoms. The molecule has 5 rings (SSSR count). The van der Waals surface area contributed by atoms with E-state index in [1.807, 2.05) is 62.1 Å². The monoisotopic (exact) mass is 809 g/mol. The molecule has 0 aliphatic heterocycles. The number of hydrogen-bond acceptors (Lipinski definition) is 6. The van der Waals surface area contributed by atoms with Gasteiger partial charge in [0.2, 0.25) is 12.3 Å². The number of nitrogens with zero attached hydrogens (tertiary/aromatic N) is 6. The summed E-state index contributed by atoms with van der Waals surface area (Å²) in [7, 11) is 1.49. The number of amides is 2. The second kappa shape index (κ2) is 20.3. The number of carbonyl (C=O) groups excluding carboxylic acids is 2. The Bertz CT molecular complexity index is 1840. The lowest BCUT2D eigenvalue weighted by atomic mass is 10.0. The standard InChI is InChI=1S/C31H37ClF2N8O2.C5H6F3NO.C2H6/c1-4-13-41-17-23(16-38-41)21-7-5-20(6-8-21)14-27(43)42(30(36)40-31(2)11-12-31)26(18-44-3)22-9-10-25(32)24(15-22)28(37-19-35)39-29(33)34;6-5(7,8)4(1-2-4)9-3-10;1-2/h5-10,15-17,19,26,29H,4,11-14,18H2,1-3H3,(H2,36,40)(H2,35,37,39);3H,1-2H2,(H,9,10);1-2H3. The lowest BCUT2D eigenvalue weighted by molar-refractivity contribution is -0.167. The van der Waals surface area contributed by atoms with Crippen LogP contribution in [0, 0.1) is 0 Å². The van der Waals surface area contributed by atoms with Gasteiger partial charge in [-0.3, -0.25) is 19.2 Å². The number of halogens is 6. The highest BCUT2D eigenvalue weighted by Gasteiger charge is 2.63. The third-order valence-corrected chi connectivity index (χ3v) is 9.23. The van der Waals surface area contributed by atoms with Gasteiger partial charge >= 0.3 is 12.7 Å². The summed E-state index contributed by atoms with van der Waals surface area (Å²) >= 11 is 6.37. The third kappa shape index (κ3) is 12.3. The largest absolute Gasteiger partial charge is 0.411 e. The van der Waals surface area contributed by atoms with Crippen LogP contribution in [0.15, 0.2) is 69.8 Å². The van der Waals surface area contributed by atoms with Gasteiger partial charge in [-0.25, -0.2) is 9.98 Å². The van der Waals surface area contributed by atoms with Crippen LogP contribution in [0.5, 0.6) is 0 Å². The summed E-state index contributed by atoms with van der Waals surface area (Å²) in [5, 5.41) is 6.29. The molecule has 2 saturated carbocycles. The molecule has 0 saturated heterocycles. The Hall–Kier alpha value is -4.90. The maximum absolute atomic E-state index is 14.0. The molecule has 2 aromatic carbocycles. The Kier molecular flexibility index (Phi) is 16.5. The second-order valence-electron chi connectivity index (χ2n) is 13.2. The minimum absolute atomic E-state index is 0.00917. The number of benzene rings is 2. The fraction of sp³-hybridized carbons (Fsp3) is 0.474. The third-order valence-electron chi connectivity index (χ3n) is 8.90. The molecule has 0 bridgehead atoms. The van der Waals surface area contributed by atoms with Crippen molar-refractivity contribution in [3.63, 3.8) is 0 Å². The quantitative estimate of drug-likeness (QED) is 0.0519. The molecule has 0 spiro atoms. The van der Waals surface area contributed by atoms with Gasteiger partial charge in [-0.2, -0.15) is 32.0 Å². The highest BCUT2D eigenvalue weighted by atomic mass is 35.5. The van der Waals surface area contributed by atoms with Crippen LogP contribution in [-0.4, -0.2) is 82.7 Å². The fourth-order valence-electron chi connectivity index (χ4n) is 5.51. The number of alkyl halides is 5. The van der Waals surface area contributed by atoms with Crippen LogP contribution in [-0.2, 0) is 27.3 Å². The number of guanidine groups is 1. The predicted molar refractivity (Wildman–Crippen MR) is 208 cm³/mol. The number of nitrogens with two attached hydrogens (primary N) is 2. The van der Waals surface area contributed by atoms with E-state index in [0.29, 0.717) is 5.56 Å². The number of aliphatic imine (C=N–C) groups is 3. The molecule has 5 N–H and O–H groups in total. The maximum atomic E-state index is 14.0. The van der Waals surface area contributed by atoms with Gasteiger partial charge in [0.15, 0.2) is 11.8 Å². The van der Waals surface area contributed by atoms with Gasteiger partial charge in [0.1, 0.15) is 5.54 Å². The van der Waals surface area contributed by atoms with Crippen molar-refractivity contribution >= 4 is 42.1 Å². The molecule has 1 heterocycles. The molecule has 2 fully saturated rings. The lowest BCUT2D eigenvalue weighted by Gasteiger charge is -2.32. The van der Waals surface area contributed by atoms with Crippen molar-refractivity contribution in [3.8, 4) is 11.1 Å². The first-order valence-corrected chi connectivity index (χ1v) is 18.4. The van der Waals surface area contributed by atoms with Gasteiger partial charge in [-0.15, -0.1) is 0 Å². The Morgan fingerprint density at radius 3 is 2.29 bits per heavy atom. The summed E-state index contributed by atoms with van der Waals surface area (Å²) in [5.74, 6) is -0.634. The zero-order valence-electron chi connectivity index (χ0n) is 32.0. The Morgan fingerprint density at radius 2 is 1.79 bits per heavy atom. The van der Waals surface area contributed by atoms with E-state index < -0.39 is 24.3 Å². The number of carbonyl (C=O) groups is 2. The van der Waals surface area contributed by atoms with Gasteiger partial charge in [0.25, 0.3) is 0 Å². The molecule has 1 unspecified atom stereocenters. The number of aryl methyl sites for hydroxylation is 1. The molecule has 2 aliphatic rings. The predicted octanol–water partition coefficient (Wildman–Crippen LogP) is 7.05. The van der Waals surface area contributed by atoms with Gasteiger partial charge < -0.3 is 21.5 Å². The summed E-state index contributed by atoms with van der Waals surface area (Å²) in [4.78, 5) is 36.8. The molecule has 2 amide bonds. The Labute approximate surface area is 328 Å². The normalized spacial score (nSPS) is 16.3. The molecular weight excluding hydrogens is 761 g/mol. The zero-order chi connectivity index (χ0) is 41.7. The van der Waals surface area contributed by atoms with Crippen molar-refractivity contribution in [1.82, 2.24) is 20.0 Å². The summed E-state index contributed by atoms with van der Waals surface area (Å²) in [6.45, 7) is 5.89. The number of methoxy groups -OCH3 is 1. The first-order chi connectivity index (χ1) is 26.6. The van der Waals surface area contributed by atoms with Crippen molar-refractivity contribution in [2.24, 2.45) is 26.4 Å². The van der Waals surface area contributed by atoms with E-state index in [4.69, 9.17) is 27.8 Å². The van der Waals surface area contributed by atoms with E-state index in [-0.39, 0.29) is 66.1 Å². The Balaban J connectivity index is 0.000000602. The molecule has 0 radical (unpaired) electrons. The molecule has 12 nitrogen and oxygen atoms in total. The SMILES string of the molecule is CC.CCCn1cc(-c2ccc(CC(=O)N(C(N)=NC3(C)CC3)C(COC)c3ccc(Cl)c(/C(N=CN)=N\C(F)F)c3)cc2)cn1.O=CNC1(C(F)(F)F)CC1. The van der Waals surface area contributed by atoms with Crippen molar-refractivity contribution in [2.45, 2.75) is 103 Å². The summed E-state index contributed by atoms with van der Waals surface area (Å²) in [6, 6.07) is 11.6. The van der Waals surface area contributed by atoms with Gasteiger partial charge in [0.05, 0.1) is 42.2 Å². The van der Waals surface area contributed by atoms with Crippen LogP contribution in [0.2, 0.25) is 5.02 Å². The van der Waals surface area contributed by atoms with E-state index in [2.05, 4.69) is 27.0 Å². The maximum Gasteiger partial charge on any atom is 0.411 e. The highest BCUT2D eigenvalue weighted by Crippen LogP contribution is 2.48. The topological polar surface area (TPSA) is 166 Å². The molecular formula is C38H49ClF5N9O3. The van der Waals surface area contributed by atoms with Gasteiger partial charge in [-0.1, -0.05) is 62.7 Å². The summed E-state index contributed by atoms with van der Waals surface area (Å²) in [6.07, 6.45) is 3.20. The van der Waals surface area contributed by atoms with Crippen LogP contribution < -0.4 is 16.8 Å². The number of rotatable bonds is 14. The van der Waals surface area contributed by atoms with E-state index >= 15 is 0 Å². The van der Waals surface area contributed by atoms with Gasteiger partial charge in [-0.05, 0) is 67.9 Å². The number of aromatic nitrogens is 2.